The van der Waals surface area contributed by atoms with Crippen LogP contribution >= 0.6 is 0 Å². The second kappa shape index (κ2) is 16.0. The maximum absolute atomic E-state index is 7.92. The molecule has 0 aliphatic carbocycles. The Morgan fingerprint density at radius 2 is 0.329 bits per heavy atom. The number of benzene rings is 8. The molecule has 0 atom stereocenters. The van der Waals surface area contributed by atoms with Gasteiger partial charge in [-0.2, -0.15) is 0 Å². The summed E-state index contributed by atoms with van der Waals surface area (Å²) >= 11 is -7.92. The third-order valence-corrected chi connectivity index (χ3v) is 57.5. The molecule has 0 spiro atoms. The Bertz CT molecular complexity index is 3180. The Morgan fingerprint density at radius 3 is 0.479 bits per heavy atom. The Morgan fingerprint density at radius 1 is 0.178 bits per heavy atom. The van der Waals surface area contributed by atoms with Gasteiger partial charge in [0.05, 0.1) is 45.6 Å². The van der Waals surface area contributed by atoms with Crippen LogP contribution in [0.25, 0.3) is 0 Å². The van der Waals surface area contributed by atoms with Gasteiger partial charge in [0.2, 0.25) is 0 Å². The summed E-state index contributed by atoms with van der Waals surface area (Å²) in [5.74, 6) is 0. The van der Waals surface area contributed by atoms with Crippen molar-refractivity contribution in [3.63, 3.8) is 0 Å². The molecule has 0 saturated carbocycles. The van der Waals surface area contributed by atoms with Gasteiger partial charge >= 0.3 is 285 Å². The van der Waals surface area contributed by atoms with Crippen LogP contribution in [0.3, 0.4) is 0 Å². The third-order valence-electron chi connectivity index (χ3n) is 14.7. The second-order valence-corrected chi connectivity index (χ2v) is 44.5. The van der Waals surface area contributed by atoms with E-state index in [2.05, 4.69) is 263 Å². The first kappa shape index (κ1) is 45.2. The summed E-state index contributed by atoms with van der Waals surface area (Å²) in [5.41, 5.74) is 7.15. The predicted octanol–water partition coefficient (Wildman–Crippen LogP) is 10.5. The van der Waals surface area contributed by atoms with Crippen molar-refractivity contribution in [3.05, 3.63) is 338 Å². The molecule has 5 aliphatic rings. The molecule has 0 amide bonds. The van der Waals surface area contributed by atoms with Crippen LogP contribution in [-0.2, 0) is 11.1 Å². The summed E-state index contributed by atoms with van der Waals surface area (Å²) in [6, 6.07) is 91.8. The quantitative estimate of drug-likeness (QED) is 0.146. The van der Waals surface area contributed by atoms with Gasteiger partial charge in [-0.05, 0) is 72.9 Å². The molecular formula is C68H52N4Pt. The fourth-order valence-electron chi connectivity index (χ4n) is 12.0. The van der Waals surface area contributed by atoms with Gasteiger partial charge in [0, 0.05) is 0 Å². The fourth-order valence-corrected chi connectivity index (χ4v) is 57.9. The molecule has 8 bridgehead atoms. The molecule has 73 heavy (non-hydrogen) atoms. The minimum atomic E-state index is -7.92. The Kier molecular flexibility index (Phi) is 9.93. The van der Waals surface area contributed by atoms with Crippen LogP contribution in [0.5, 0.6) is 0 Å². The van der Waals surface area contributed by atoms with Crippen molar-refractivity contribution < 1.29 is 11.1 Å². The molecule has 5 aliphatic heterocycles. The van der Waals surface area contributed by atoms with Crippen LogP contribution in [0, 0.1) is 0 Å². The molecule has 8 aromatic rings. The van der Waals surface area contributed by atoms with Gasteiger partial charge in [-0.25, -0.2) is 20.0 Å². The van der Waals surface area contributed by atoms with E-state index in [0.29, 0.717) is 0 Å². The van der Waals surface area contributed by atoms with E-state index in [1.165, 1.54) is 31.6 Å². The molecule has 5 heteroatoms. The van der Waals surface area contributed by atoms with Crippen molar-refractivity contribution in [2.45, 2.75) is 0 Å². The average Bonchev–Trinajstić information content (AvgIpc) is 4.39. The number of allylic oxidation sites excluding steroid dienone is 12. The second-order valence-electron chi connectivity index (χ2n) is 18.0. The molecule has 13 rings (SSSR count). The molecule has 4 nitrogen and oxygen atoms in total. The zero-order valence-electron chi connectivity index (χ0n) is 40.1. The zero-order chi connectivity index (χ0) is 49.2. The zero-order valence-corrected chi connectivity index (χ0v) is 42.4. The Balaban J connectivity index is 0.000000188. The number of hydrogen-bond acceptors (Lipinski definition) is 4. The normalized spacial score (nSPS) is 17.3. The van der Waals surface area contributed by atoms with E-state index < -0.39 is 11.1 Å². The maximum atomic E-state index is 4.59. The van der Waals surface area contributed by atoms with E-state index in [-0.39, 0.29) is 0 Å². The van der Waals surface area contributed by atoms with Crippen LogP contribution in [-0.4, -0.2) is 22.8 Å². The molecular weight excluding hydrogens is 1070 g/mol. The van der Waals surface area contributed by atoms with Crippen molar-refractivity contribution in [1.82, 2.24) is 0 Å². The van der Waals surface area contributed by atoms with Gasteiger partial charge < -0.3 is 0 Å². The van der Waals surface area contributed by atoms with Crippen LogP contribution < -0.4 is 31.6 Å². The van der Waals surface area contributed by atoms with Crippen molar-refractivity contribution in [2.24, 2.45) is 20.0 Å². The number of hydrogen-bond donors (Lipinski definition) is 0. The van der Waals surface area contributed by atoms with E-state index in [0.717, 1.165) is 45.6 Å². The average molecular weight is 1120 g/mol. The number of nitrogens with zero attached hydrogens (tertiary/aromatic N) is 4. The van der Waals surface area contributed by atoms with Crippen molar-refractivity contribution in [1.29, 1.82) is 0 Å². The predicted molar refractivity (Wildman–Crippen MR) is 307 cm³/mol. The van der Waals surface area contributed by atoms with E-state index >= 15 is 0 Å². The summed E-state index contributed by atoms with van der Waals surface area (Å²) in [6.45, 7) is 0. The summed E-state index contributed by atoms with van der Waals surface area (Å²) in [7, 11) is 0. The Labute approximate surface area is 421 Å². The van der Waals surface area contributed by atoms with Crippen molar-refractivity contribution in [2.75, 3.05) is 0 Å². The number of aliphatic imine (C=N–C) groups is 4. The fraction of sp³-hybridized carbons (Fsp3) is 0. The van der Waals surface area contributed by atoms with Crippen molar-refractivity contribution in [3.8, 4) is 0 Å². The van der Waals surface area contributed by atoms with Gasteiger partial charge in [0.25, 0.3) is 0 Å². The topological polar surface area (TPSA) is 49.4 Å². The standard InChI is InChI=1S/C20H12N4.8C6H5.Pt/c1-2-14-10-16-5-6-18(23-16)12-20-8-7-19(24-20)11-17-4-3-15(22-17)9-13(1)21-14;8*1-2-4-6-5-3-1;/h1-12H;8*1-5H;. The summed E-state index contributed by atoms with van der Waals surface area (Å²) in [4.78, 5) is 18.4. The number of rotatable bonds is 8. The molecule has 0 fully saturated rings. The summed E-state index contributed by atoms with van der Waals surface area (Å²) in [5, 5.41) is 0. The van der Waals surface area contributed by atoms with Gasteiger partial charge in [-0.1, -0.05) is 0 Å². The summed E-state index contributed by atoms with van der Waals surface area (Å²) in [6.07, 6.45) is 23.8. The van der Waals surface area contributed by atoms with Crippen LogP contribution in [0.2, 0.25) is 0 Å². The molecule has 0 saturated heterocycles. The minimum absolute atomic E-state index is 0.894. The Hall–Kier alpha value is -8.95. The van der Waals surface area contributed by atoms with Gasteiger partial charge in [-0.3, -0.25) is 0 Å². The van der Waals surface area contributed by atoms with E-state index in [9.17, 15) is 0 Å². The first-order chi connectivity index (χ1) is 36.0. The third kappa shape index (κ3) is 4.90. The van der Waals surface area contributed by atoms with Gasteiger partial charge in [0.15, 0.2) is 0 Å². The monoisotopic (exact) mass is 1120 g/mol. The molecule has 354 valence electrons. The molecule has 8 aromatic carbocycles. The van der Waals surface area contributed by atoms with E-state index in [1.54, 1.807) is 0 Å². The molecule has 0 aromatic heterocycles. The molecule has 0 N–H and O–H groups in total. The van der Waals surface area contributed by atoms with Gasteiger partial charge in [-0.15, -0.1) is 0 Å². The SMILES string of the molecule is C1=CC2=NC1=CC1=NC(=CC3=NC(=CC4=NC(=C2)C=C4)C=C3)C=C1.c1cc[c]([Pt]([c]2ccccc2)([c]2ccccc2)([c]2ccccc2)([c]2ccccc2)([c]2ccccc2)([c]2ccccc2)[c]2ccccc2)cc1. The first-order valence-electron chi connectivity index (χ1n) is 24.3. The molecule has 5 heterocycles. The van der Waals surface area contributed by atoms with Crippen LogP contribution in [0.1, 0.15) is 0 Å². The van der Waals surface area contributed by atoms with E-state index in [1.807, 2.05) is 72.9 Å². The molecule has 0 unspecified atom stereocenters. The van der Waals surface area contributed by atoms with Crippen molar-refractivity contribution >= 4 is 54.5 Å². The summed E-state index contributed by atoms with van der Waals surface area (Å²) < 4.78 is 9.70. The van der Waals surface area contributed by atoms with Crippen LogP contribution in [0.15, 0.2) is 358 Å². The first-order valence-corrected chi connectivity index (χ1v) is 33.4. The van der Waals surface area contributed by atoms with Crippen LogP contribution in [0.4, 0.5) is 0 Å². The molecule has 0 radical (unpaired) electrons. The number of fused-ring (bicyclic) bond motifs is 4. The van der Waals surface area contributed by atoms with Gasteiger partial charge in [0.1, 0.15) is 0 Å². The van der Waals surface area contributed by atoms with E-state index in [4.69, 9.17) is 0 Å².